The third-order valence-electron chi connectivity index (χ3n) is 4.43. The smallest absolute Gasteiger partial charge is 0.227 e. The van der Waals surface area contributed by atoms with Crippen LogP contribution in [-0.2, 0) is 11.2 Å². The Morgan fingerprint density at radius 3 is 2.60 bits per heavy atom. The Balaban J connectivity index is 1.77. The van der Waals surface area contributed by atoms with Crippen molar-refractivity contribution >= 4 is 5.91 Å². The Kier molecular flexibility index (Phi) is 4.99. The molecule has 1 N–H and O–H groups in total. The molecule has 0 radical (unpaired) electrons. The summed E-state index contributed by atoms with van der Waals surface area (Å²) >= 11 is 0. The summed E-state index contributed by atoms with van der Waals surface area (Å²) in [5, 5.41) is 9.97. The number of ether oxygens (including phenoxy) is 1. The predicted molar refractivity (Wildman–Crippen MR) is 88.1 cm³/mol. The molecule has 4 nitrogen and oxygen atoms in total. The number of hydrogen-bond acceptors (Lipinski definition) is 3. The van der Waals surface area contributed by atoms with E-state index in [1.165, 1.54) is 31.4 Å². The monoisotopic (exact) mass is 347 g/mol. The average Bonchev–Trinajstić information content (AvgIpc) is 2.98. The number of nitrogens with zero attached hydrogens (tertiary/aromatic N) is 1. The number of aliphatic hydroxyl groups is 1. The van der Waals surface area contributed by atoms with E-state index in [1.54, 1.807) is 23.1 Å². The second-order valence-electron chi connectivity index (χ2n) is 6.15. The fourth-order valence-corrected chi connectivity index (χ4v) is 3.19. The lowest BCUT2D eigenvalue weighted by Gasteiger charge is -2.25. The lowest BCUT2D eigenvalue weighted by Crippen LogP contribution is -2.33. The Morgan fingerprint density at radius 2 is 1.96 bits per heavy atom. The van der Waals surface area contributed by atoms with Crippen LogP contribution in [0.2, 0.25) is 0 Å². The number of benzene rings is 2. The van der Waals surface area contributed by atoms with Gasteiger partial charge in [-0.3, -0.25) is 4.79 Å². The van der Waals surface area contributed by atoms with Crippen LogP contribution in [0.15, 0.2) is 42.5 Å². The summed E-state index contributed by atoms with van der Waals surface area (Å²) in [7, 11) is 1.38. The summed E-state index contributed by atoms with van der Waals surface area (Å²) < 4.78 is 31.8. The minimum Gasteiger partial charge on any atom is -0.494 e. The first kappa shape index (κ1) is 17.4. The normalized spacial score (nSPS) is 19.9. The molecule has 0 aliphatic carbocycles. The number of amides is 1. The number of carbonyl (C=O) groups is 1. The van der Waals surface area contributed by atoms with Crippen LogP contribution in [0.3, 0.4) is 0 Å². The van der Waals surface area contributed by atoms with Gasteiger partial charge < -0.3 is 14.7 Å². The molecule has 132 valence electrons. The molecule has 0 saturated carbocycles. The number of carbonyl (C=O) groups excluding carboxylic acids is 1. The minimum absolute atomic E-state index is 0.0192. The lowest BCUT2D eigenvalue weighted by atomic mass is 10.0. The summed E-state index contributed by atoms with van der Waals surface area (Å²) in [4.78, 5) is 14.2. The van der Waals surface area contributed by atoms with Crippen molar-refractivity contribution in [2.75, 3.05) is 13.7 Å². The van der Waals surface area contributed by atoms with E-state index in [-0.39, 0.29) is 36.5 Å². The first-order chi connectivity index (χ1) is 12.0. The average molecular weight is 347 g/mol. The third kappa shape index (κ3) is 3.79. The second kappa shape index (κ2) is 7.19. The topological polar surface area (TPSA) is 49.8 Å². The van der Waals surface area contributed by atoms with E-state index in [4.69, 9.17) is 4.74 Å². The van der Waals surface area contributed by atoms with Crippen LogP contribution in [0.1, 0.15) is 23.6 Å². The van der Waals surface area contributed by atoms with E-state index >= 15 is 0 Å². The van der Waals surface area contributed by atoms with Gasteiger partial charge in [-0.1, -0.05) is 18.2 Å². The molecular formula is C19H19F2NO3. The minimum atomic E-state index is -0.633. The number of rotatable bonds is 4. The molecule has 0 spiro atoms. The number of β-amino-alcohol motifs (C(OH)–C–C–N with tert-alkyl or cyclic N) is 1. The van der Waals surface area contributed by atoms with Gasteiger partial charge in [0.05, 0.1) is 25.7 Å². The van der Waals surface area contributed by atoms with E-state index in [2.05, 4.69) is 0 Å². The molecule has 1 amide bonds. The van der Waals surface area contributed by atoms with Gasteiger partial charge in [0.1, 0.15) is 5.82 Å². The molecule has 1 saturated heterocycles. The maximum atomic E-state index is 13.8. The molecule has 1 aliphatic rings. The molecule has 25 heavy (non-hydrogen) atoms. The zero-order chi connectivity index (χ0) is 18.0. The maximum absolute atomic E-state index is 13.8. The largest absolute Gasteiger partial charge is 0.494 e. The standard InChI is InChI=1S/C19H19F2NO3/c1-25-18-7-2-12(8-16(18)21)9-19(24)22-11-15(23)10-17(22)13-3-5-14(20)6-4-13/h2-8,15,17,23H,9-11H2,1H3/t15-,17+/m1/s1. The molecule has 0 unspecified atom stereocenters. The van der Waals surface area contributed by atoms with Gasteiger partial charge in [0, 0.05) is 6.54 Å². The van der Waals surface area contributed by atoms with Gasteiger partial charge in [0.25, 0.3) is 0 Å². The molecule has 0 bridgehead atoms. The third-order valence-corrected chi connectivity index (χ3v) is 4.43. The van der Waals surface area contributed by atoms with Crippen molar-refractivity contribution in [1.29, 1.82) is 0 Å². The van der Waals surface area contributed by atoms with Gasteiger partial charge in [0.2, 0.25) is 5.91 Å². The van der Waals surface area contributed by atoms with Crippen LogP contribution in [0.5, 0.6) is 5.75 Å². The van der Waals surface area contributed by atoms with Gasteiger partial charge in [-0.25, -0.2) is 8.78 Å². The van der Waals surface area contributed by atoms with E-state index in [0.29, 0.717) is 12.0 Å². The van der Waals surface area contributed by atoms with E-state index in [0.717, 1.165) is 5.56 Å². The maximum Gasteiger partial charge on any atom is 0.227 e. The zero-order valence-corrected chi connectivity index (χ0v) is 13.8. The van der Waals surface area contributed by atoms with Crippen LogP contribution < -0.4 is 4.74 Å². The van der Waals surface area contributed by atoms with Crippen molar-refractivity contribution in [3.8, 4) is 5.75 Å². The Labute approximate surface area is 144 Å². The van der Waals surface area contributed by atoms with Crippen molar-refractivity contribution < 1.29 is 23.4 Å². The van der Waals surface area contributed by atoms with Crippen LogP contribution >= 0.6 is 0 Å². The summed E-state index contributed by atoms with van der Waals surface area (Å²) in [6, 6.07) is 9.98. The van der Waals surface area contributed by atoms with E-state index in [1.807, 2.05) is 0 Å². The second-order valence-corrected chi connectivity index (χ2v) is 6.15. The Bertz CT molecular complexity index is 764. The summed E-state index contributed by atoms with van der Waals surface area (Å²) in [6.07, 6.45) is -0.216. The van der Waals surface area contributed by atoms with Crippen molar-refractivity contribution in [2.24, 2.45) is 0 Å². The number of likely N-dealkylation sites (tertiary alicyclic amines) is 1. The van der Waals surface area contributed by atoms with Gasteiger partial charge in [-0.2, -0.15) is 0 Å². The molecule has 2 aromatic rings. The van der Waals surface area contributed by atoms with Gasteiger partial charge >= 0.3 is 0 Å². The molecule has 1 heterocycles. The highest BCUT2D eigenvalue weighted by atomic mass is 19.1. The highest BCUT2D eigenvalue weighted by molar-refractivity contribution is 5.79. The summed E-state index contributed by atoms with van der Waals surface area (Å²) in [5.74, 6) is -0.967. The zero-order valence-electron chi connectivity index (χ0n) is 13.8. The number of methoxy groups -OCH3 is 1. The molecule has 0 aromatic heterocycles. The molecule has 2 atom stereocenters. The van der Waals surface area contributed by atoms with Crippen LogP contribution in [0.4, 0.5) is 8.78 Å². The highest BCUT2D eigenvalue weighted by Crippen LogP contribution is 2.33. The van der Waals surface area contributed by atoms with Crippen molar-refractivity contribution in [3.63, 3.8) is 0 Å². The summed E-state index contributed by atoms with van der Waals surface area (Å²) in [6.45, 7) is 0.208. The molecule has 1 fully saturated rings. The SMILES string of the molecule is COc1ccc(CC(=O)N2C[C@H](O)C[C@H]2c2ccc(F)cc2)cc1F. The number of hydrogen-bond donors (Lipinski definition) is 1. The fourth-order valence-electron chi connectivity index (χ4n) is 3.19. The first-order valence-corrected chi connectivity index (χ1v) is 8.03. The molecule has 1 aliphatic heterocycles. The lowest BCUT2D eigenvalue weighted by molar-refractivity contribution is -0.131. The quantitative estimate of drug-likeness (QED) is 0.925. The molecule has 2 aromatic carbocycles. The van der Waals surface area contributed by atoms with Crippen molar-refractivity contribution in [3.05, 3.63) is 65.2 Å². The molecule has 3 rings (SSSR count). The molecule has 6 heteroatoms. The van der Waals surface area contributed by atoms with Gasteiger partial charge in [-0.05, 0) is 41.8 Å². The Hall–Kier alpha value is -2.47. The van der Waals surface area contributed by atoms with Gasteiger partial charge in [-0.15, -0.1) is 0 Å². The predicted octanol–water partition coefficient (Wildman–Crippen LogP) is 2.85. The van der Waals surface area contributed by atoms with E-state index < -0.39 is 11.9 Å². The highest BCUT2D eigenvalue weighted by Gasteiger charge is 2.35. The first-order valence-electron chi connectivity index (χ1n) is 8.03. The van der Waals surface area contributed by atoms with Crippen molar-refractivity contribution in [1.82, 2.24) is 4.90 Å². The van der Waals surface area contributed by atoms with Crippen molar-refractivity contribution in [2.45, 2.75) is 25.0 Å². The van der Waals surface area contributed by atoms with Crippen LogP contribution in [0.25, 0.3) is 0 Å². The number of aliphatic hydroxyl groups excluding tert-OH is 1. The van der Waals surface area contributed by atoms with Crippen LogP contribution in [-0.4, -0.2) is 35.7 Å². The summed E-state index contributed by atoms with van der Waals surface area (Å²) in [5.41, 5.74) is 1.30. The van der Waals surface area contributed by atoms with Crippen LogP contribution in [0, 0.1) is 11.6 Å². The molecular weight excluding hydrogens is 328 g/mol. The number of halogens is 2. The Morgan fingerprint density at radius 1 is 1.24 bits per heavy atom. The van der Waals surface area contributed by atoms with E-state index in [9.17, 15) is 18.7 Å². The van der Waals surface area contributed by atoms with Gasteiger partial charge in [0.15, 0.2) is 11.6 Å². The fraction of sp³-hybridized carbons (Fsp3) is 0.316.